The van der Waals surface area contributed by atoms with E-state index in [1.165, 1.54) is 0 Å². The van der Waals surface area contributed by atoms with E-state index in [-0.39, 0.29) is 5.96 Å². The minimum atomic E-state index is 0.161. The Labute approximate surface area is 73.4 Å². The number of hydrogen-bond acceptors (Lipinski definition) is 3. The lowest BCUT2D eigenvalue weighted by molar-refractivity contribution is 0.301. The molecule has 72 valence electrons. The molecular formula is C7H18N4O. The largest absolute Gasteiger partial charge is 0.408 e. The van der Waals surface area contributed by atoms with Crippen LogP contribution in [0.2, 0.25) is 0 Å². The van der Waals surface area contributed by atoms with Gasteiger partial charge in [0.15, 0.2) is 0 Å². The summed E-state index contributed by atoms with van der Waals surface area (Å²) in [5, 5.41) is 11.2. The average molecular weight is 174 g/mol. The molecule has 0 aromatic carbocycles. The molecule has 0 radical (unpaired) electrons. The fourth-order valence-electron chi connectivity index (χ4n) is 0.815. The predicted molar refractivity (Wildman–Crippen MR) is 49.2 cm³/mol. The van der Waals surface area contributed by atoms with Gasteiger partial charge in [0.25, 0.3) is 0 Å². The fraction of sp³-hybridized carbons (Fsp3) is 0.857. The Morgan fingerprint density at radius 2 is 1.92 bits per heavy atom. The summed E-state index contributed by atoms with van der Waals surface area (Å²) < 4.78 is 0. The monoisotopic (exact) mass is 174 g/mol. The third kappa shape index (κ3) is 4.79. The van der Waals surface area contributed by atoms with Crippen LogP contribution < -0.4 is 5.73 Å². The van der Waals surface area contributed by atoms with Gasteiger partial charge in [-0.05, 0) is 27.1 Å². The summed E-state index contributed by atoms with van der Waals surface area (Å²) in [4.78, 5) is 3.81. The minimum Gasteiger partial charge on any atom is -0.408 e. The molecule has 0 amide bonds. The Balaban J connectivity index is 3.51. The zero-order valence-electron chi connectivity index (χ0n) is 7.99. The molecule has 12 heavy (non-hydrogen) atoms. The van der Waals surface area contributed by atoms with E-state index in [2.05, 4.69) is 10.1 Å². The van der Waals surface area contributed by atoms with Crippen LogP contribution >= 0.6 is 0 Å². The highest BCUT2D eigenvalue weighted by Crippen LogP contribution is 1.88. The van der Waals surface area contributed by atoms with Crippen LogP contribution in [0.15, 0.2) is 5.16 Å². The zero-order valence-corrected chi connectivity index (χ0v) is 7.99. The normalized spacial score (nSPS) is 12.2. The summed E-state index contributed by atoms with van der Waals surface area (Å²) in [5.74, 6) is 0.161. The highest BCUT2D eigenvalue weighted by atomic mass is 16.4. The van der Waals surface area contributed by atoms with Gasteiger partial charge in [-0.1, -0.05) is 5.16 Å². The molecule has 0 aliphatic heterocycles. The van der Waals surface area contributed by atoms with Crippen molar-refractivity contribution >= 4 is 5.96 Å². The van der Waals surface area contributed by atoms with Crippen LogP contribution in [-0.2, 0) is 0 Å². The molecule has 0 spiro atoms. The van der Waals surface area contributed by atoms with E-state index in [0.717, 1.165) is 19.5 Å². The average Bonchev–Trinajstić information content (AvgIpc) is 2.02. The lowest BCUT2D eigenvalue weighted by atomic mass is 10.4. The minimum absolute atomic E-state index is 0.161. The van der Waals surface area contributed by atoms with Gasteiger partial charge in [-0.25, -0.2) is 0 Å². The van der Waals surface area contributed by atoms with Gasteiger partial charge in [0.2, 0.25) is 5.96 Å². The van der Waals surface area contributed by atoms with Gasteiger partial charge in [-0.3, -0.25) is 0 Å². The summed E-state index contributed by atoms with van der Waals surface area (Å²) in [6.45, 7) is 1.80. The van der Waals surface area contributed by atoms with E-state index < -0.39 is 0 Å². The third-order valence-electron chi connectivity index (χ3n) is 1.59. The van der Waals surface area contributed by atoms with Crippen molar-refractivity contribution in [2.75, 3.05) is 34.2 Å². The van der Waals surface area contributed by atoms with Crippen LogP contribution in [-0.4, -0.2) is 55.2 Å². The summed E-state index contributed by atoms with van der Waals surface area (Å²) in [6, 6.07) is 0. The molecule has 5 nitrogen and oxygen atoms in total. The summed E-state index contributed by atoms with van der Waals surface area (Å²) >= 11 is 0. The van der Waals surface area contributed by atoms with Crippen molar-refractivity contribution < 1.29 is 5.21 Å². The van der Waals surface area contributed by atoms with Crippen LogP contribution in [0.1, 0.15) is 6.42 Å². The molecule has 0 bridgehead atoms. The molecule has 0 unspecified atom stereocenters. The van der Waals surface area contributed by atoms with Crippen molar-refractivity contribution in [3.63, 3.8) is 0 Å². The van der Waals surface area contributed by atoms with Crippen LogP contribution in [0, 0.1) is 0 Å². The number of oxime groups is 1. The summed E-state index contributed by atoms with van der Waals surface area (Å²) in [5.41, 5.74) is 5.35. The summed E-state index contributed by atoms with van der Waals surface area (Å²) in [7, 11) is 5.83. The van der Waals surface area contributed by atoms with E-state index in [9.17, 15) is 0 Å². The molecule has 0 saturated heterocycles. The molecule has 0 atom stereocenters. The second kappa shape index (κ2) is 5.65. The van der Waals surface area contributed by atoms with Gasteiger partial charge < -0.3 is 20.7 Å². The Hall–Kier alpha value is -0.970. The van der Waals surface area contributed by atoms with E-state index in [0.29, 0.717) is 0 Å². The lowest BCUT2D eigenvalue weighted by Gasteiger charge is -2.17. The first kappa shape index (κ1) is 11.0. The zero-order chi connectivity index (χ0) is 9.56. The van der Waals surface area contributed by atoms with Crippen LogP contribution in [0.4, 0.5) is 0 Å². The van der Waals surface area contributed by atoms with Crippen molar-refractivity contribution in [1.29, 1.82) is 0 Å². The highest BCUT2D eigenvalue weighted by Gasteiger charge is 2.00. The van der Waals surface area contributed by atoms with Crippen molar-refractivity contribution in [2.24, 2.45) is 10.9 Å². The smallest absolute Gasteiger partial charge is 0.233 e. The molecule has 0 fully saturated rings. The maximum absolute atomic E-state index is 8.32. The van der Waals surface area contributed by atoms with Crippen LogP contribution in [0.3, 0.4) is 0 Å². The van der Waals surface area contributed by atoms with Gasteiger partial charge in [-0.15, -0.1) is 0 Å². The summed E-state index contributed by atoms with van der Waals surface area (Å²) in [6.07, 6.45) is 1.000. The van der Waals surface area contributed by atoms with Gasteiger partial charge in [-0.2, -0.15) is 0 Å². The van der Waals surface area contributed by atoms with Gasteiger partial charge in [0.1, 0.15) is 0 Å². The molecule has 0 rings (SSSR count). The second-order valence-corrected chi connectivity index (χ2v) is 3.04. The van der Waals surface area contributed by atoms with E-state index in [1.54, 1.807) is 11.9 Å². The predicted octanol–water partition coefficient (Wildman–Crippen LogP) is -0.426. The molecule has 5 heteroatoms. The van der Waals surface area contributed by atoms with Crippen molar-refractivity contribution in [1.82, 2.24) is 9.80 Å². The number of hydrogen-bond donors (Lipinski definition) is 2. The number of rotatable bonds is 4. The number of guanidine groups is 1. The van der Waals surface area contributed by atoms with Gasteiger partial charge in [0, 0.05) is 13.6 Å². The molecule has 0 aromatic rings. The first-order chi connectivity index (χ1) is 5.57. The van der Waals surface area contributed by atoms with Gasteiger partial charge >= 0.3 is 0 Å². The van der Waals surface area contributed by atoms with E-state index >= 15 is 0 Å². The molecule has 0 heterocycles. The van der Waals surface area contributed by atoms with E-state index in [1.807, 2.05) is 14.1 Å². The Bertz CT molecular complexity index is 146. The fourth-order valence-corrected chi connectivity index (χ4v) is 0.815. The van der Waals surface area contributed by atoms with Crippen LogP contribution in [0.5, 0.6) is 0 Å². The molecule has 3 N–H and O–H groups in total. The maximum atomic E-state index is 8.32. The Morgan fingerprint density at radius 3 is 2.33 bits per heavy atom. The first-order valence-electron chi connectivity index (χ1n) is 3.91. The lowest BCUT2D eigenvalue weighted by Crippen LogP contribution is -2.35. The topological polar surface area (TPSA) is 65.1 Å². The molecular weight excluding hydrogens is 156 g/mol. The number of nitrogens with two attached hydrogens (primary N) is 1. The Morgan fingerprint density at radius 1 is 1.33 bits per heavy atom. The molecule has 0 aliphatic rings. The quantitative estimate of drug-likeness (QED) is 0.263. The molecule has 0 aliphatic carbocycles. The SMILES string of the molecule is CN(C)CCCN(C)C(N)=NO. The highest BCUT2D eigenvalue weighted by molar-refractivity contribution is 5.76. The maximum Gasteiger partial charge on any atom is 0.233 e. The standard InChI is InChI=1S/C7H18N4O/c1-10(2)5-4-6-11(3)7(8)9-12/h12H,4-6H2,1-3H3,(H2,8,9). The van der Waals surface area contributed by atoms with Crippen molar-refractivity contribution in [3.8, 4) is 0 Å². The second-order valence-electron chi connectivity index (χ2n) is 3.04. The van der Waals surface area contributed by atoms with Crippen molar-refractivity contribution in [3.05, 3.63) is 0 Å². The van der Waals surface area contributed by atoms with Gasteiger partial charge in [0.05, 0.1) is 0 Å². The van der Waals surface area contributed by atoms with E-state index in [4.69, 9.17) is 10.9 Å². The van der Waals surface area contributed by atoms with Crippen molar-refractivity contribution in [2.45, 2.75) is 6.42 Å². The molecule has 0 aromatic heterocycles. The Kier molecular flexibility index (Phi) is 5.19. The molecule has 0 saturated carbocycles. The van der Waals surface area contributed by atoms with Crippen LogP contribution in [0.25, 0.3) is 0 Å². The number of nitrogens with zero attached hydrogens (tertiary/aromatic N) is 3. The first-order valence-corrected chi connectivity index (χ1v) is 3.91. The third-order valence-corrected chi connectivity index (χ3v) is 1.59.